The van der Waals surface area contributed by atoms with E-state index < -0.39 is 12.1 Å². The molecule has 0 aromatic heterocycles. The number of rotatable bonds is 6. The Labute approximate surface area is 153 Å². The van der Waals surface area contributed by atoms with Crippen LogP contribution in [0.3, 0.4) is 0 Å². The number of carbonyl (C=O) groups excluding carboxylic acids is 2. The van der Waals surface area contributed by atoms with Crippen LogP contribution in [0.15, 0.2) is 12.1 Å². The highest BCUT2D eigenvalue weighted by atomic mass is 16.5. The first-order valence-corrected chi connectivity index (χ1v) is 8.53. The van der Waals surface area contributed by atoms with Gasteiger partial charge < -0.3 is 30.5 Å². The number of carbonyl (C=O) groups is 2. The van der Waals surface area contributed by atoms with Crippen LogP contribution in [0.2, 0.25) is 0 Å². The summed E-state index contributed by atoms with van der Waals surface area (Å²) in [6.45, 7) is 3.88. The third-order valence-electron chi connectivity index (χ3n) is 4.58. The van der Waals surface area contributed by atoms with Crippen LogP contribution in [-0.2, 0) is 16.1 Å². The third-order valence-corrected chi connectivity index (χ3v) is 4.58. The van der Waals surface area contributed by atoms with Gasteiger partial charge in [-0.3, -0.25) is 9.59 Å². The zero-order chi connectivity index (χ0) is 19.4. The largest absolute Gasteiger partial charge is 0.496 e. The molecule has 0 bridgehead atoms. The van der Waals surface area contributed by atoms with E-state index in [1.807, 2.05) is 13.8 Å². The number of benzene rings is 1. The zero-order valence-electron chi connectivity index (χ0n) is 15.6. The molecule has 2 atom stereocenters. The van der Waals surface area contributed by atoms with Gasteiger partial charge in [-0.1, -0.05) is 13.8 Å². The lowest BCUT2D eigenvalue weighted by Gasteiger charge is -2.34. The number of hydrogen-bond acceptors (Lipinski definition) is 6. The first kappa shape index (κ1) is 20.0. The fraction of sp³-hybridized carbons (Fsp3) is 0.556. The lowest BCUT2D eigenvalue weighted by Crippen LogP contribution is -2.49. The Balaban J connectivity index is 2.12. The van der Waals surface area contributed by atoms with Gasteiger partial charge in [0.25, 0.3) is 0 Å². The number of fused-ring (bicyclic) bond motifs is 1. The normalized spacial score (nSPS) is 17.5. The molecule has 1 heterocycles. The van der Waals surface area contributed by atoms with Crippen molar-refractivity contribution < 1.29 is 24.2 Å². The van der Waals surface area contributed by atoms with Crippen LogP contribution in [-0.4, -0.2) is 55.2 Å². The summed E-state index contributed by atoms with van der Waals surface area (Å²) in [5.41, 5.74) is 7.10. The van der Waals surface area contributed by atoms with Gasteiger partial charge in [-0.2, -0.15) is 0 Å². The Kier molecular flexibility index (Phi) is 6.44. The standard InChI is InChI=1S/C18H27N3O5/c1-10(2)17(19)18(24)20-7-15(23)21-8-11-13(25-3)5-6-14(26-4)16(11)12(22)9-21/h5-6,10,12,17,22H,7-9,19H2,1-4H3,(H,20,24)/t12?,17-/m0/s1. The van der Waals surface area contributed by atoms with E-state index in [1.165, 1.54) is 19.1 Å². The fourth-order valence-electron chi connectivity index (χ4n) is 2.96. The molecule has 26 heavy (non-hydrogen) atoms. The summed E-state index contributed by atoms with van der Waals surface area (Å²) in [4.78, 5) is 25.9. The zero-order valence-corrected chi connectivity index (χ0v) is 15.6. The van der Waals surface area contributed by atoms with E-state index in [9.17, 15) is 14.7 Å². The average molecular weight is 365 g/mol. The van der Waals surface area contributed by atoms with Crippen LogP contribution < -0.4 is 20.5 Å². The molecule has 0 radical (unpaired) electrons. The minimum Gasteiger partial charge on any atom is -0.496 e. The molecule has 0 saturated heterocycles. The number of amides is 2. The topological polar surface area (TPSA) is 114 Å². The fourth-order valence-corrected chi connectivity index (χ4v) is 2.96. The Morgan fingerprint density at radius 3 is 2.50 bits per heavy atom. The minimum atomic E-state index is -0.902. The second-order valence-electron chi connectivity index (χ2n) is 6.64. The van der Waals surface area contributed by atoms with E-state index >= 15 is 0 Å². The van der Waals surface area contributed by atoms with Crippen molar-refractivity contribution in [3.63, 3.8) is 0 Å². The summed E-state index contributed by atoms with van der Waals surface area (Å²) in [6.07, 6.45) is -0.902. The summed E-state index contributed by atoms with van der Waals surface area (Å²) >= 11 is 0. The molecule has 4 N–H and O–H groups in total. The van der Waals surface area contributed by atoms with E-state index in [2.05, 4.69) is 5.32 Å². The maximum absolute atomic E-state index is 12.5. The molecule has 1 aliphatic heterocycles. The number of ether oxygens (including phenoxy) is 2. The number of nitrogens with one attached hydrogen (secondary N) is 1. The SMILES string of the molecule is COc1ccc(OC)c2c1CN(C(=O)CNC(=O)[C@@H](N)C(C)C)CC2O. The number of nitrogens with zero attached hydrogens (tertiary/aromatic N) is 1. The van der Waals surface area contributed by atoms with Crippen molar-refractivity contribution in [3.05, 3.63) is 23.3 Å². The first-order chi connectivity index (χ1) is 12.3. The van der Waals surface area contributed by atoms with E-state index in [0.29, 0.717) is 22.6 Å². The van der Waals surface area contributed by atoms with Gasteiger partial charge in [-0.05, 0) is 18.1 Å². The Bertz CT molecular complexity index is 677. The number of nitrogens with two attached hydrogens (primary N) is 1. The van der Waals surface area contributed by atoms with Crippen LogP contribution in [0.25, 0.3) is 0 Å². The molecule has 0 fully saturated rings. The second-order valence-corrected chi connectivity index (χ2v) is 6.64. The van der Waals surface area contributed by atoms with Crippen molar-refractivity contribution in [2.45, 2.75) is 32.5 Å². The Hall–Kier alpha value is -2.32. The van der Waals surface area contributed by atoms with Crippen LogP contribution in [0.5, 0.6) is 11.5 Å². The minimum absolute atomic E-state index is 0.0227. The predicted octanol–water partition coefficient (Wildman–Crippen LogP) is 0.179. The van der Waals surface area contributed by atoms with Gasteiger partial charge in [0, 0.05) is 17.7 Å². The number of β-amino-alcohol motifs (C(OH)–C–C–N with tert-alkyl or cyclic N) is 1. The molecule has 1 unspecified atom stereocenters. The monoisotopic (exact) mass is 365 g/mol. The second kappa shape index (κ2) is 8.37. The van der Waals surface area contributed by atoms with Crippen LogP contribution in [0.1, 0.15) is 31.1 Å². The van der Waals surface area contributed by atoms with Crippen LogP contribution in [0.4, 0.5) is 0 Å². The number of methoxy groups -OCH3 is 2. The van der Waals surface area contributed by atoms with Gasteiger partial charge in [0.1, 0.15) is 17.6 Å². The van der Waals surface area contributed by atoms with E-state index in [-0.39, 0.29) is 37.4 Å². The maximum Gasteiger partial charge on any atom is 0.242 e. The Morgan fingerprint density at radius 1 is 1.31 bits per heavy atom. The van der Waals surface area contributed by atoms with Crippen molar-refractivity contribution >= 4 is 11.8 Å². The summed E-state index contributed by atoms with van der Waals surface area (Å²) < 4.78 is 10.7. The Morgan fingerprint density at radius 2 is 1.92 bits per heavy atom. The molecule has 1 aliphatic rings. The summed E-state index contributed by atoms with van der Waals surface area (Å²) in [7, 11) is 3.06. The molecule has 8 nitrogen and oxygen atoms in total. The van der Waals surface area contributed by atoms with E-state index in [0.717, 1.165) is 0 Å². The molecule has 1 aromatic rings. The number of aliphatic hydroxyl groups is 1. The van der Waals surface area contributed by atoms with Gasteiger partial charge in [0.05, 0.1) is 33.4 Å². The van der Waals surface area contributed by atoms with Gasteiger partial charge in [-0.15, -0.1) is 0 Å². The molecule has 1 aromatic carbocycles. The molecular weight excluding hydrogens is 338 g/mol. The molecule has 144 valence electrons. The van der Waals surface area contributed by atoms with Gasteiger partial charge >= 0.3 is 0 Å². The molecule has 0 saturated carbocycles. The van der Waals surface area contributed by atoms with Crippen molar-refractivity contribution in [3.8, 4) is 11.5 Å². The number of aliphatic hydroxyl groups excluding tert-OH is 1. The van der Waals surface area contributed by atoms with Gasteiger partial charge in [-0.25, -0.2) is 0 Å². The quantitative estimate of drug-likeness (QED) is 0.663. The summed E-state index contributed by atoms with van der Waals surface area (Å²) in [5.74, 6) is 0.430. The van der Waals surface area contributed by atoms with Gasteiger partial charge in [0.15, 0.2) is 0 Å². The van der Waals surface area contributed by atoms with Gasteiger partial charge in [0.2, 0.25) is 11.8 Å². The van der Waals surface area contributed by atoms with Crippen LogP contribution in [0, 0.1) is 5.92 Å². The van der Waals surface area contributed by atoms with Crippen LogP contribution >= 0.6 is 0 Å². The maximum atomic E-state index is 12.5. The summed E-state index contributed by atoms with van der Waals surface area (Å²) in [6, 6.07) is 2.80. The lowest BCUT2D eigenvalue weighted by atomic mass is 9.95. The van der Waals surface area contributed by atoms with Crippen molar-refractivity contribution in [1.82, 2.24) is 10.2 Å². The highest BCUT2D eigenvalue weighted by Crippen LogP contribution is 2.39. The third kappa shape index (κ3) is 4.08. The van der Waals surface area contributed by atoms with E-state index in [1.54, 1.807) is 12.1 Å². The highest BCUT2D eigenvalue weighted by molar-refractivity contribution is 5.87. The first-order valence-electron chi connectivity index (χ1n) is 8.53. The van der Waals surface area contributed by atoms with Crippen molar-refractivity contribution in [2.75, 3.05) is 27.3 Å². The number of hydrogen-bond donors (Lipinski definition) is 3. The smallest absolute Gasteiger partial charge is 0.242 e. The highest BCUT2D eigenvalue weighted by Gasteiger charge is 2.32. The van der Waals surface area contributed by atoms with E-state index in [4.69, 9.17) is 15.2 Å². The lowest BCUT2D eigenvalue weighted by molar-refractivity contribution is -0.135. The molecule has 8 heteroatoms. The average Bonchev–Trinajstić information content (AvgIpc) is 2.63. The summed E-state index contributed by atoms with van der Waals surface area (Å²) in [5, 5.41) is 13.1. The van der Waals surface area contributed by atoms with Crippen molar-refractivity contribution in [1.29, 1.82) is 0 Å². The molecule has 2 rings (SSSR count). The van der Waals surface area contributed by atoms with Crippen molar-refractivity contribution in [2.24, 2.45) is 11.7 Å². The molecule has 2 amide bonds. The molecular formula is C18H27N3O5. The predicted molar refractivity (Wildman–Crippen MR) is 95.7 cm³/mol. The molecule has 0 spiro atoms. The molecule has 0 aliphatic carbocycles.